The van der Waals surface area contributed by atoms with Crippen LogP contribution in [-0.4, -0.2) is 13.4 Å². The molecule has 0 fully saturated rings. The van der Waals surface area contributed by atoms with Crippen LogP contribution in [0.3, 0.4) is 0 Å². The van der Waals surface area contributed by atoms with Gasteiger partial charge in [-0.1, -0.05) is 29.8 Å². The van der Waals surface area contributed by atoms with Crippen LogP contribution < -0.4 is 4.74 Å². The standard InChI is InChI=1S/C15H13ClO2/c1-10-6-13(8-14(16)15(10)18-2)12-5-3-4-11(7-12)9-17/h3-9H,1-2H3. The van der Waals surface area contributed by atoms with E-state index in [-0.39, 0.29) is 0 Å². The first-order valence-corrected chi connectivity index (χ1v) is 5.93. The minimum atomic E-state index is 0.573. The first-order valence-electron chi connectivity index (χ1n) is 5.55. The van der Waals surface area contributed by atoms with Gasteiger partial charge in [-0.25, -0.2) is 0 Å². The zero-order valence-corrected chi connectivity index (χ0v) is 11.0. The molecule has 0 amide bonds. The molecule has 0 aliphatic rings. The lowest BCUT2D eigenvalue weighted by Gasteiger charge is -2.10. The lowest BCUT2D eigenvalue weighted by Crippen LogP contribution is -1.90. The Kier molecular flexibility index (Phi) is 3.68. The monoisotopic (exact) mass is 260 g/mol. The molecule has 0 atom stereocenters. The van der Waals surface area contributed by atoms with E-state index in [9.17, 15) is 4.79 Å². The van der Waals surface area contributed by atoms with Gasteiger partial charge in [0.25, 0.3) is 0 Å². The molecule has 2 aromatic carbocycles. The van der Waals surface area contributed by atoms with Crippen LogP contribution in [0, 0.1) is 6.92 Å². The summed E-state index contributed by atoms with van der Waals surface area (Å²) in [6.45, 7) is 1.94. The van der Waals surface area contributed by atoms with E-state index in [0.717, 1.165) is 23.0 Å². The van der Waals surface area contributed by atoms with E-state index in [1.807, 2.05) is 37.3 Å². The molecule has 0 N–H and O–H groups in total. The average Bonchev–Trinajstić information content (AvgIpc) is 2.38. The molecule has 2 nitrogen and oxygen atoms in total. The second-order valence-corrected chi connectivity index (χ2v) is 4.46. The third-order valence-electron chi connectivity index (χ3n) is 2.79. The van der Waals surface area contributed by atoms with E-state index in [2.05, 4.69) is 0 Å². The van der Waals surface area contributed by atoms with Crippen molar-refractivity contribution in [2.75, 3.05) is 7.11 Å². The summed E-state index contributed by atoms with van der Waals surface area (Å²) >= 11 is 6.16. The summed E-state index contributed by atoms with van der Waals surface area (Å²) < 4.78 is 5.22. The SMILES string of the molecule is COc1c(C)cc(-c2cccc(C=O)c2)cc1Cl. The Morgan fingerprint density at radius 2 is 1.94 bits per heavy atom. The zero-order valence-electron chi connectivity index (χ0n) is 10.2. The van der Waals surface area contributed by atoms with Crippen molar-refractivity contribution in [3.05, 3.63) is 52.5 Å². The largest absolute Gasteiger partial charge is 0.495 e. The lowest BCUT2D eigenvalue weighted by molar-refractivity contribution is 0.112. The molecule has 2 rings (SSSR count). The maximum atomic E-state index is 10.8. The molecule has 18 heavy (non-hydrogen) atoms. The summed E-state index contributed by atoms with van der Waals surface area (Å²) in [5.41, 5.74) is 3.56. The molecule has 92 valence electrons. The van der Waals surface area contributed by atoms with Crippen LogP contribution in [0.25, 0.3) is 11.1 Å². The molecular formula is C15H13ClO2. The van der Waals surface area contributed by atoms with Crippen molar-refractivity contribution in [3.63, 3.8) is 0 Å². The van der Waals surface area contributed by atoms with E-state index in [1.54, 1.807) is 13.2 Å². The van der Waals surface area contributed by atoms with Crippen molar-refractivity contribution in [1.82, 2.24) is 0 Å². The third-order valence-corrected chi connectivity index (χ3v) is 3.07. The van der Waals surface area contributed by atoms with Crippen molar-refractivity contribution in [2.45, 2.75) is 6.92 Å². The molecule has 0 radical (unpaired) electrons. The highest BCUT2D eigenvalue weighted by atomic mass is 35.5. The molecule has 0 heterocycles. The van der Waals surface area contributed by atoms with Crippen LogP contribution in [0.4, 0.5) is 0 Å². The van der Waals surface area contributed by atoms with Crippen molar-refractivity contribution < 1.29 is 9.53 Å². The van der Waals surface area contributed by atoms with Gasteiger partial charge in [0, 0.05) is 5.56 Å². The van der Waals surface area contributed by atoms with E-state index < -0.39 is 0 Å². The average molecular weight is 261 g/mol. The number of aldehydes is 1. The Bertz CT molecular complexity index is 568. The summed E-state index contributed by atoms with van der Waals surface area (Å²) in [5, 5.41) is 0.573. The molecule has 0 bridgehead atoms. The smallest absolute Gasteiger partial charge is 0.150 e. The predicted molar refractivity (Wildman–Crippen MR) is 73.6 cm³/mol. The summed E-state index contributed by atoms with van der Waals surface area (Å²) in [5.74, 6) is 0.687. The van der Waals surface area contributed by atoms with Gasteiger partial charge < -0.3 is 4.74 Å². The number of benzene rings is 2. The van der Waals surface area contributed by atoms with Crippen molar-refractivity contribution in [2.24, 2.45) is 0 Å². The van der Waals surface area contributed by atoms with E-state index >= 15 is 0 Å². The van der Waals surface area contributed by atoms with Gasteiger partial charge in [0.15, 0.2) is 0 Å². The Balaban J connectivity index is 2.54. The van der Waals surface area contributed by atoms with E-state index in [4.69, 9.17) is 16.3 Å². The molecule has 2 aromatic rings. The lowest BCUT2D eigenvalue weighted by atomic mass is 10.0. The number of halogens is 1. The predicted octanol–water partition coefficient (Wildman–Crippen LogP) is 4.14. The number of ether oxygens (including phenoxy) is 1. The van der Waals surface area contributed by atoms with Gasteiger partial charge in [-0.05, 0) is 41.8 Å². The normalized spacial score (nSPS) is 10.2. The second-order valence-electron chi connectivity index (χ2n) is 4.05. The van der Waals surface area contributed by atoms with Crippen LogP contribution in [0.1, 0.15) is 15.9 Å². The van der Waals surface area contributed by atoms with Gasteiger partial charge in [-0.2, -0.15) is 0 Å². The molecule has 3 heteroatoms. The maximum Gasteiger partial charge on any atom is 0.150 e. The number of carbonyl (C=O) groups is 1. The van der Waals surface area contributed by atoms with Crippen molar-refractivity contribution >= 4 is 17.9 Å². The fourth-order valence-corrected chi connectivity index (χ4v) is 2.29. The van der Waals surface area contributed by atoms with E-state index in [1.165, 1.54) is 0 Å². The fraction of sp³-hybridized carbons (Fsp3) is 0.133. The number of rotatable bonds is 3. The molecule has 0 spiro atoms. The van der Waals surface area contributed by atoms with Gasteiger partial charge in [0.1, 0.15) is 12.0 Å². The minimum absolute atomic E-state index is 0.573. The van der Waals surface area contributed by atoms with Crippen molar-refractivity contribution in [3.8, 4) is 16.9 Å². The Labute approximate surface area is 111 Å². The summed E-state index contributed by atoms with van der Waals surface area (Å²) in [7, 11) is 1.60. The van der Waals surface area contributed by atoms with Crippen LogP contribution in [0.2, 0.25) is 5.02 Å². The van der Waals surface area contributed by atoms with Gasteiger partial charge in [-0.3, -0.25) is 4.79 Å². The third kappa shape index (κ3) is 2.39. The molecular weight excluding hydrogens is 248 g/mol. The molecule has 0 unspecified atom stereocenters. The highest BCUT2D eigenvalue weighted by Crippen LogP contribution is 2.33. The summed E-state index contributed by atoms with van der Waals surface area (Å²) in [6.07, 6.45) is 0.835. The first kappa shape index (κ1) is 12.7. The molecule has 0 aliphatic heterocycles. The fourth-order valence-electron chi connectivity index (χ4n) is 1.95. The molecule has 0 saturated carbocycles. The topological polar surface area (TPSA) is 26.3 Å². The van der Waals surface area contributed by atoms with Crippen LogP contribution in [0.5, 0.6) is 5.75 Å². The molecule has 0 aromatic heterocycles. The minimum Gasteiger partial charge on any atom is -0.495 e. The number of hydrogen-bond donors (Lipinski definition) is 0. The maximum absolute atomic E-state index is 10.8. The highest BCUT2D eigenvalue weighted by Gasteiger charge is 2.08. The zero-order chi connectivity index (χ0) is 13.1. The molecule has 0 aliphatic carbocycles. The van der Waals surface area contributed by atoms with E-state index in [0.29, 0.717) is 16.3 Å². The van der Waals surface area contributed by atoms with Crippen LogP contribution in [0.15, 0.2) is 36.4 Å². The van der Waals surface area contributed by atoms with Gasteiger partial charge >= 0.3 is 0 Å². The quantitative estimate of drug-likeness (QED) is 0.776. The van der Waals surface area contributed by atoms with Gasteiger partial charge in [-0.15, -0.1) is 0 Å². The van der Waals surface area contributed by atoms with Crippen LogP contribution in [-0.2, 0) is 0 Å². The summed E-state index contributed by atoms with van der Waals surface area (Å²) in [4.78, 5) is 10.8. The second kappa shape index (κ2) is 5.23. The molecule has 0 saturated heterocycles. The first-order chi connectivity index (χ1) is 8.65. The Hall–Kier alpha value is -1.80. The Morgan fingerprint density at radius 3 is 2.56 bits per heavy atom. The number of aryl methyl sites for hydroxylation is 1. The number of carbonyl (C=O) groups excluding carboxylic acids is 1. The van der Waals surface area contributed by atoms with Crippen molar-refractivity contribution in [1.29, 1.82) is 0 Å². The van der Waals surface area contributed by atoms with Gasteiger partial charge in [0.05, 0.1) is 12.1 Å². The summed E-state index contributed by atoms with van der Waals surface area (Å²) in [6, 6.07) is 11.3. The Morgan fingerprint density at radius 1 is 1.17 bits per heavy atom. The number of hydrogen-bond acceptors (Lipinski definition) is 2. The van der Waals surface area contributed by atoms with Crippen LogP contribution >= 0.6 is 11.6 Å². The van der Waals surface area contributed by atoms with Gasteiger partial charge in [0.2, 0.25) is 0 Å². The highest BCUT2D eigenvalue weighted by molar-refractivity contribution is 6.32. The number of methoxy groups -OCH3 is 1.